The van der Waals surface area contributed by atoms with Gasteiger partial charge in [0.05, 0.1) is 5.56 Å². The summed E-state index contributed by atoms with van der Waals surface area (Å²) in [6.45, 7) is 6.83. The van der Waals surface area contributed by atoms with Gasteiger partial charge < -0.3 is 5.32 Å². The number of nitrogens with zero attached hydrogens (tertiary/aromatic N) is 1. The molecule has 0 spiro atoms. The van der Waals surface area contributed by atoms with E-state index in [0.29, 0.717) is 17.0 Å². The zero-order valence-corrected chi connectivity index (χ0v) is 20.7. The number of hydrogen-bond acceptors (Lipinski definition) is 4. The van der Waals surface area contributed by atoms with Crippen LogP contribution in [-0.2, 0) is 12.8 Å². The molecular weight excluding hydrogens is 446 g/mol. The van der Waals surface area contributed by atoms with Crippen molar-refractivity contribution in [1.29, 1.82) is 5.26 Å². The fraction of sp³-hybridized carbons (Fsp3) is 0.296. The zero-order valence-electron chi connectivity index (χ0n) is 19.1. The van der Waals surface area contributed by atoms with Crippen molar-refractivity contribution in [3.05, 3.63) is 76.2 Å². The van der Waals surface area contributed by atoms with Crippen LogP contribution in [0.1, 0.15) is 53.6 Å². The molecule has 1 atom stereocenters. The van der Waals surface area contributed by atoms with E-state index in [2.05, 4.69) is 37.5 Å². The molecule has 0 fully saturated rings. The van der Waals surface area contributed by atoms with Crippen LogP contribution in [0, 0.1) is 22.7 Å². The number of thiocarbonyl (C=S) groups is 1. The second kappa shape index (κ2) is 9.46. The Kier molecular flexibility index (Phi) is 6.64. The van der Waals surface area contributed by atoms with Gasteiger partial charge >= 0.3 is 0 Å². The lowest BCUT2D eigenvalue weighted by Crippen LogP contribution is -2.34. The molecule has 2 N–H and O–H groups in total. The van der Waals surface area contributed by atoms with Crippen LogP contribution >= 0.6 is 23.6 Å². The van der Waals surface area contributed by atoms with Crippen LogP contribution in [-0.4, -0.2) is 11.0 Å². The van der Waals surface area contributed by atoms with Crippen LogP contribution in [0.15, 0.2) is 54.6 Å². The van der Waals surface area contributed by atoms with E-state index in [1.165, 1.54) is 4.88 Å². The highest BCUT2D eigenvalue weighted by Crippen LogP contribution is 2.43. The molecule has 33 heavy (non-hydrogen) atoms. The van der Waals surface area contributed by atoms with Crippen molar-refractivity contribution in [2.45, 2.75) is 40.0 Å². The van der Waals surface area contributed by atoms with Gasteiger partial charge in [0, 0.05) is 10.4 Å². The molecule has 1 aliphatic carbocycles. The lowest BCUT2D eigenvalue weighted by Gasteiger charge is -2.33. The number of fused-ring (bicyclic) bond motifs is 1. The fourth-order valence-corrected chi connectivity index (χ4v) is 5.83. The summed E-state index contributed by atoms with van der Waals surface area (Å²) in [5.41, 5.74) is 4.70. The lowest BCUT2D eigenvalue weighted by atomic mass is 9.72. The Hall–Kier alpha value is -3.01. The van der Waals surface area contributed by atoms with Crippen LogP contribution in [0.5, 0.6) is 0 Å². The van der Waals surface area contributed by atoms with Crippen LogP contribution in [0.4, 0.5) is 5.00 Å². The number of rotatable bonds is 3. The monoisotopic (exact) mass is 473 g/mol. The predicted octanol–water partition coefficient (Wildman–Crippen LogP) is 6.56. The quantitative estimate of drug-likeness (QED) is 0.423. The molecule has 4 rings (SSSR count). The maximum atomic E-state index is 12.7. The SMILES string of the molecule is CC(C)(C)[C@H]1CCc2c(sc(NC(=S)NC(=O)c3ccc(-c4ccccc4)cc3)c2C#N)C1. The van der Waals surface area contributed by atoms with Crippen molar-refractivity contribution >= 4 is 39.6 Å². The molecule has 0 radical (unpaired) electrons. The first-order chi connectivity index (χ1) is 15.8. The molecule has 1 heterocycles. The van der Waals surface area contributed by atoms with Gasteiger partial charge in [0.25, 0.3) is 5.91 Å². The molecule has 1 amide bonds. The van der Waals surface area contributed by atoms with E-state index >= 15 is 0 Å². The Morgan fingerprint density at radius 2 is 1.76 bits per heavy atom. The summed E-state index contributed by atoms with van der Waals surface area (Å²) >= 11 is 6.98. The van der Waals surface area contributed by atoms with Gasteiger partial charge in [0.1, 0.15) is 11.1 Å². The van der Waals surface area contributed by atoms with Crippen LogP contribution in [0.25, 0.3) is 11.1 Å². The molecule has 3 aromatic rings. The number of benzene rings is 2. The van der Waals surface area contributed by atoms with Crippen molar-refractivity contribution < 1.29 is 4.79 Å². The molecule has 1 aliphatic rings. The third-order valence-electron chi connectivity index (χ3n) is 6.31. The number of nitriles is 1. The second-order valence-corrected chi connectivity index (χ2v) is 11.0. The number of hydrogen-bond donors (Lipinski definition) is 2. The Bertz CT molecular complexity index is 1220. The first-order valence-electron chi connectivity index (χ1n) is 11.1. The molecule has 0 aliphatic heterocycles. The molecule has 0 bridgehead atoms. The van der Waals surface area contributed by atoms with E-state index in [4.69, 9.17) is 12.2 Å². The normalized spacial score (nSPS) is 15.3. The third kappa shape index (κ3) is 5.16. The number of anilines is 1. The zero-order chi connectivity index (χ0) is 23.6. The van der Waals surface area contributed by atoms with E-state index in [0.717, 1.165) is 41.0 Å². The molecule has 0 saturated heterocycles. The van der Waals surface area contributed by atoms with Crippen molar-refractivity contribution in [2.24, 2.45) is 11.3 Å². The molecule has 0 saturated carbocycles. The maximum Gasteiger partial charge on any atom is 0.257 e. The Balaban J connectivity index is 1.43. The van der Waals surface area contributed by atoms with Gasteiger partial charge in [-0.05, 0) is 71.6 Å². The largest absolute Gasteiger partial charge is 0.323 e. The smallest absolute Gasteiger partial charge is 0.257 e. The average Bonchev–Trinajstić information content (AvgIpc) is 3.15. The fourth-order valence-electron chi connectivity index (χ4n) is 4.29. The number of thiophene rings is 1. The van der Waals surface area contributed by atoms with E-state index in [-0.39, 0.29) is 16.4 Å². The van der Waals surface area contributed by atoms with E-state index in [1.54, 1.807) is 23.5 Å². The number of carbonyl (C=O) groups excluding carboxylic acids is 1. The minimum atomic E-state index is -0.278. The first kappa shape index (κ1) is 23.2. The Morgan fingerprint density at radius 3 is 2.39 bits per heavy atom. The number of amides is 1. The highest BCUT2D eigenvalue weighted by Gasteiger charge is 2.32. The van der Waals surface area contributed by atoms with Crippen LogP contribution in [0.3, 0.4) is 0 Å². The van der Waals surface area contributed by atoms with Gasteiger partial charge in [-0.15, -0.1) is 11.3 Å². The summed E-state index contributed by atoms with van der Waals surface area (Å²) < 4.78 is 0. The Labute approximate surface area is 204 Å². The van der Waals surface area contributed by atoms with Crippen molar-refractivity contribution in [1.82, 2.24) is 5.32 Å². The van der Waals surface area contributed by atoms with Gasteiger partial charge in [-0.2, -0.15) is 5.26 Å². The highest BCUT2D eigenvalue weighted by molar-refractivity contribution is 7.80. The first-order valence-corrected chi connectivity index (χ1v) is 12.3. The second-order valence-electron chi connectivity index (χ2n) is 9.48. The number of carbonyl (C=O) groups is 1. The summed E-state index contributed by atoms with van der Waals surface area (Å²) in [5.74, 6) is 0.313. The van der Waals surface area contributed by atoms with Gasteiger partial charge in [-0.3, -0.25) is 10.1 Å². The van der Waals surface area contributed by atoms with Crippen LogP contribution < -0.4 is 10.6 Å². The Morgan fingerprint density at radius 1 is 1.09 bits per heavy atom. The minimum Gasteiger partial charge on any atom is -0.323 e. The van der Waals surface area contributed by atoms with E-state index < -0.39 is 0 Å². The standard InChI is InChI=1S/C27H27N3OS2/c1-27(2,3)20-13-14-21-22(16-28)25(33-23(21)15-20)30-26(32)29-24(31)19-11-9-18(10-12-19)17-7-5-4-6-8-17/h4-12,20H,13-15H2,1-3H3,(H2,29,30,31,32)/t20-/m0/s1. The average molecular weight is 474 g/mol. The van der Waals surface area contributed by atoms with E-state index in [1.807, 2.05) is 42.5 Å². The molecular formula is C27H27N3OS2. The van der Waals surface area contributed by atoms with Gasteiger partial charge in [0.2, 0.25) is 0 Å². The van der Waals surface area contributed by atoms with Crippen molar-refractivity contribution in [2.75, 3.05) is 5.32 Å². The summed E-state index contributed by atoms with van der Waals surface area (Å²) in [7, 11) is 0. The molecule has 0 unspecified atom stereocenters. The predicted molar refractivity (Wildman–Crippen MR) is 140 cm³/mol. The summed E-state index contributed by atoms with van der Waals surface area (Å²) in [6.07, 6.45) is 2.97. The summed E-state index contributed by atoms with van der Waals surface area (Å²) in [5, 5.41) is 16.5. The molecule has 168 valence electrons. The summed E-state index contributed by atoms with van der Waals surface area (Å²) in [6, 6.07) is 19.8. The minimum absolute atomic E-state index is 0.203. The highest BCUT2D eigenvalue weighted by atomic mass is 32.1. The molecule has 4 nitrogen and oxygen atoms in total. The molecule has 1 aromatic heterocycles. The third-order valence-corrected chi connectivity index (χ3v) is 7.68. The van der Waals surface area contributed by atoms with Gasteiger partial charge in [-0.25, -0.2) is 0 Å². The van der Waals surface area contributed by atoms with Crippen molar-refractivity contribution in [3.63, 3.8) is 0 Å². The maximum absolute atomic E-state index is 12.7. The molecule has 2 aromatic carbocycles. The topological polar surface area (TPSA) is 64.9 Å². The van der Waals surface area contributed by atoms with Crippen LogP contribution in [0.2, 0.25) is 0 Å². The van der Waals surface area contributed by atoms with Gasteiger partial charge in [-0.1, -0.05) is 63.2 Å². The lowest BCUT2D eigenvalue weighted by molar-refractivity contribution is 0.0977. The van der Waals surface area contributed by atoms with Crippen molar-refractivity contribution in [3.8, 4) is 17.2 Å². The number of nitrogens with one attached hydrogen (secondary N) is 2. The summed E-state index contributed by atoms with van der Waals surface area (Å²) in [4.78, 5) is 14.0. The molecule has 6 heteroatoms. The van der Waals surface area contributed by atoms with E-state index in [9.17, 15) is 10.1 Å². The van der Waals surface area contributed by atoms with Gasteiger partial charge in [0.15, 0.2) is 5.11 Å².